The minimum absolute atomic E-state index is 0.218. The molecule has 6 nitrogen and oxygen atoms in total. The van der Waals surface area contributed by atoms with Crippen LogP contribution in [-0.2, 0) is 27.7 Å². The molecule has 0 saturated heterocycles. The van der Waals surface area contributed by atoms with Gasteiger partial charge >= 0.3 is 13.8 Å². The molecule has 0 radical (unpaired) electrons. The molecular weight excluding hydrogens is 223 g/mol. The zero-order valence-electron chi connectivity index (χ0n) is 9.18. The fraction of sp³-hybridized carbons (Fsp3) is 0.625. The standard InChI is InChI=1S/C8H15O6P/c1-6(2)8(9)13-7(3)14-15(10,11-4)12-5/h7H,1H2,2-5H3. The minimum atomic E-state index is -3.63. The van der Waals surface area contributed by atoms with E-state index in [1.165, 1.54) is 13.8 Å². The number of phosphoric acid groups is 1. The van der Waals surface area contributed by atoms with Gasteiger partial charge in [-0.15, -0.1) is 0 Å². The molecular formula is C8H15O6P. The van der Waals surface area contributed by atoms with E-state index in [2.05, 4.69) is 15.6 Å². The lowest BCUT2D eigenvalue weighted by Crippen LogP contribution is -2.18. The van der Waals surface area contributed by atoms with Crippen LogP contribution in [0, 0.1) is 0 Å². The SMILES string of the molecule is C=C(C)C(=O)OC(C)OP(=O)(OC)OC. The zero-order chi connectivity index (χ0) is 12.1. The summed E-state index contributed by atoms with van der Waals surface area (Å²) in [5.74, 6) is -0.638. The van der Waals surface area contributed by atoms with Crippen LogP contribution in [0.15, 0.2) is 12.2 Å². The van der Waals surface area contributed by atoms with Crippen LogP contribution in [0.1, 0.15) is 13.8 Å². The molecule has 0 aromatic rings. The van der Waals surface area contributed by atoms with Crippen molar-refractivity contribution in [3.63, 3.8) is 0 Å². The zero-order valence-corrected chi connectivity index (χ0v) is 10.1. The Kier molecular flexibility index (Phi) is 5.75. The number of rotatable bonds is 6. The van der Waals surface area contributed by atoms with Gasteiger partial charge in [-0.2, -0.15) is 0 Å². The molecule has 0 aromatic heterocycles. The van der Waals surface area contributed by atoms with Crippen LogP contribution < -0.4 is 0 Å². The van der Waals surface area contributed by atoms with Crippen LogP contribution in [0.3, 0.4) is 0 Å². The van der Waals surface area contributed by atoms with Crippen molar-refractivity contribution >= 4 is 13.8 Å². The molecule has 0 spiro atoms. The van der Waals surface area contributed by atoms with Crippen molar-refractivity contribution in [2.75, 3.05) is 14.2 Å². The number of carbonyl (C=O) groups is 1. The van der Waals surface area contributed by atoms with Crippen LogP contribution in [0.25, 0.3) is 0 Å². The minimum Gasteiger partial charge on any atom is -0.432 e. The topological polar surface area (TPSA) is 71.1 Å². The lowest BCUT2D eigenvalue weighted by molar-refractivity contribution is -0.158. The van der Waals surface area contributed by atoms with E-state index in [4.69, 9.17) is 9.26 Å². The molecule has 0 amide bonds. The van der Waals surface area contributed by atoms with Gasteiger partial charge in [0.1, 0.15) is 0 Å². The Morgan fingerprint density at radius 2 is 1.80 bits per heavy atom. The smallest absolute Gasteiger partial charge is 0.432 e. The van der Waals surface area contributed by atoms with Crippen LogP contribution in [0.4, 0.5) is 0 Å². The number of carbonyl (C=O) groups excluding carboxylic acids is 1. The molecule has 0 saturated carbocycles. The molecule has 1 unspecified atom stereocenters. The highest BCUT2D eigenvalue weighted by Crippen LogP contribution is 2.48. The van der Waals surface area contributed by atoms with Crippen molar-refractivity contribution in [3.05, 3.63) is 12.2 Å². The molecule has 0 aliphatic heterocycles. The van der Waals surface area contributed by atoms with E-state index >= 15 is 0 Å². The summed E-state index contributed by atoms with van der Waals surface area (Å²) < 4.78 is 29.9. The van der Waals surface area contributed by atoms with Crippen molar-refractivity contribution in [2.24, 2.45) is 0 Å². The van der Waals surface area contributed by atoms with Crippen LogP contribution in [0.2, 0.25) is 0 Å². The molecule has 88 valence electrons. The summed E-state index contributed by atoms with van der Waals surface area (Å²) in [5, 5.41) is 0. The first-order valence-corrected chi connectivity index (χ1v) is 5.57. The van der Waals surface area contributed by atoms with Gasteiger partial charge < -0.3 is 4.74 Å². The third kappa shape index (κ3) is 5.09. The quantitative estimate of drug-likeness (QED) is 0.304. The summed E-state index contributed by atoms with van der Waals surface area (Å²) >= 11 is 0. The van der Waals surface area contributed by atoms with Gasteiger partial charge in [0.2, 0.25) is 6.29 Å². The van der Waals surface area contributed by atoms with Crippen molar-refractivity contribution in [2.45, 2.75) is 20.1 Å². The van der Waals surface area contributed by atoms with Gasteiger partial charge in [-0.05, 0) is 13.8 Å². The van der Waals surface area contributed by atoms with Crippen molar-refractivity contribution in [3.8, 4) is 0 Å². The second-order valence-corrected chi connectivity index (χ2v) is 4.51. The van der Waals surface area contributed by atoms with E-state index in [1.54, 1.807) is 0 Å². The number of phosphoric ester groups is 1. The largest absolute Gasteiger partial charge is 0.477 e. The Hall–Kier alpha value is -0.680. The molecule has 15 heavy (non-hydrogen) atoms. The lowest BCUT2D eigenvalue weighted by atomic mass is 10.4. The van der Waals surface area contributed by atoms with Crippen molar-refractivity contribution in [1.29, 1.82) is 0 Å². The van der Waals surface area contributed by atoms with Crippen molar-refractivity contribution < 1.29 is 27.7 Å². The van der Waals surface area contributed by atoms with Gasteiger partial charge in [0, 0.05) is 19.8 Å². The predicted molar refractivity (Wildman–Crippen MR) is 53.1 cm³/mol. The molecule has 0 bridgehead atoms. The maximum absolute atomic E-state index is 11.4. The Balaban J connectivity index is 4.25. The molecule has 0 aliphatic rings. The number of esters is 1. The lowest BCUT2D eigenvalue weighted by Gasteiger charge is -2.18. The van der Waals surface area contributed by atoms with Crippen LogP contribution >= 0.6 is 7.82 Å². The summed E-state index contributed by atoms with van der Waals surface area (Å²) in [6.07, 6.45) is -1.04. The first-order valence-electron chi connectivity index (χ1n) is 4.11. The van der Waals surface area contributed by atoms with Crippen molar-refractivity contribution in [1.82, 2.24) is 0 Å². The first kappa shape index (κ1) is 14.3. The fourth-order valence-corrected chi connectivity index (χ4v) is 1.34. The summed E-state index contributed by atoms with van der Waals surface area (Å²) in [6.45, 7) is 6.27. The Morgan fingerprint density at radius 3 is 2.13 bits per heavy atom. The van der Waals surface area contributed by atoms with Gasteiger partial charge in [-0.3, -0.25) is 9.05 Å². The van der Waals surface area contributed by atoms with E-state index in [0.29, 0.717) is 0 Å². The maximum atomic E-state index is 11.4. The van der Waals surface area contributed by atoms with E-state index in [0.717, 1.165) is 14.2 Å². The molecule has 0 aromatic carbocycles. The van der Waals surface area contributed by atoms with Gasteiger partial charge in [0.05, 0.1) is 0 Å². The number of hydrogen-bond donors (Lipinski definition) is 0. The normalized spacial score (nSPS) is 13.3. The molecule has 1 atom stereocenters. The maximum Gasteiger partial charge on any atom is 0.477 e. The van der Waals surface area contributed by atoms with Gasteiger partial charge in [-0.25, -0.2) is 13.9 Å². The monoisotopic (exact) mass is 238 g/mol. The van der Waals surface area contributed by atoms with Crippen LogP contribution in [-0.4, -0.2) is 26.5 Å². The highest BCUT2D eigenvalue weighted by molar-refractivity contribution is 7.48. The molecule has 0 rings (SSSR count). The van der Waals surface area contributed by atoms with E-state index in [9.17, 15) is 9.36 Å². The van der Waals surface area contributed by atoms with Gasteiger partial charge in [-0.1, -0.05) is 6.58 Å². The van der Waals surface area contributed by atoms with E-state index in [1.807, 2.05) is 0 Å². The predicted octanol–water partition coefficient (Wildman–Crippen LogP) is 1.87. The van der Waals surface area contributed by atoms with Gasteiger partial charge in [0.15, 0.2) is 0 Å². The molecule has 0 heterocycles. The third-order valence-electron chi connectivity index (χ3n) is 1.35. The summed E-state index contributed by atoms with van der Waals surface area (Å²) in [6, 6.07) is 0. The number of hydrogen-bond acceptors (Lipinski definition) is 6. The highest BCUT2D eigenvalue weighted by atomic mass is 31.2. The van der Waals surface area contributed by atoms with Gasteiger partial charge in [0.25, 0.3) is 0 Å². The number of ether oxygens (including phenoxy) is 1. The Labute approximate surface area is 88.8 Å². The molecule has 0 fully saturated rings. The Morgan fingerprint density at radius 1 is 1.33 bits per heavy atom. The van der Waals surface area contributed by atoms with Crippen LogP contribution in [0.5, 0.6) is 0 Å². The summed E-state index contributed by atoms with van der Waals surface area (Å²) in [7, 11) is -1.30. The molecule has 7 heteroatoms. The molecule has 0 aliphatic carbocycles. The average Bonchev–Trinajstić information content (AvgIpc) is 2.17. The average molecular weight is 238 g/mol. The fourth-order valence-electron chi connectivity index (χ4n) is 0.615. The van der Waals surface area contributed by atoms with E-state index < -0.39 is 20.1 Å². The highest BCUT2D eigenvalue weighted by Gasteiger charge is 2.27. The Bertz CT molecular complexity index is 279. The summed E-state index contributed by atoms with van der Waals surface area (Å²) in [5.41, 5.74) is 0.218. The second kappa shape index (κ2) is 6.02. The van der Waals surface area contributed by atoms with E-state index in [-0.39, 0.29) is 5.57 Å². The molecule has 0 N–H and O–H groups in total. The first-order chi connectivity index (χ1) is 6.84. The third-order valence-corrected chi connectivity index (χ3v) is 2.80. The summed E-state index contributed by atoms with van der Waals surface area (Å²) in [4.78, 5) is 11.0. The second-order valence-electron chi connectivity index (χ2n) is 2.67.